The molecule has 0 spiro atoms. The minimum atomic E-state index is -0.719. The molecule has 0 radical (unpaired) electrons. The summed E-state index contributed by atoms with van der Waals surface area (Å²) >= 11 is 0. The van der Waals surface area contributed by atoms with E-state index in [1.807, 2.05) is 0 Å². The number of carbonyl (C=O) groups is 1. The van der Waals surface area contributed by atoms with Crippen molar-refractivity contribution in [3.8, 4) is 11.5 Å². The molecule has 1 aliphatic heterocycles. The van der Waals surface area contributed by atoms with Gasteiger partial charge in [0.05, 0.1) is 15.9 Å². The summed E-state index contributed by atoms with van der Waals surface area (Å²) in [4.78, 5) is 33.0. The highest BCUT2D eigenvalue weighted by Crippen LogP contribution is 2.39. The molecule has 1 amide bonds. The molecule has 0 aromatic heterocycles. The summed E-state index contributed by atoms with van der Waals surface area (Å²) in [6.45, 7) is 0.548. The van der Waals surface area contributed by atoms with E-state index in [2.05, 4.69) is 5.32 Å². The Hall–Kier alpha value is -3.69. The minimum Gasteiger partial charge on any atom is -0.486 e. The lowest BCUT2D eigenvalue weighted by atomic mass is 10.1. The van der Waals surface area contributed by atoms with Gasteiger partial charge in [-0.25, -0.2) is 0 Å². The molecule has 3 rings (SSSR count). The number of rotatable bonds is 4. The van der Waals surface area contributed by atoms with Crippen molar-refractivity contribution in [1.82, 2.24) is 0 Å². The Kier molecular flexibility index (Phi) is 4.16. The number of hydrogen-bond donors (Lipinski definition) is 1. The van der Waals surface area contributed by atoms with Crippen molar-refractivity contribution in [2.45, 2.75) is 0 Å². The topological polar surface area (TPSA) is 134 Å². The van der Waals surface area contributed by atoms with E-state index in [1.54, 1.807) is 0 Å². The van der Waals surface area contributed by atoms with Crippen LogP contribution in [-0.2, 0) is 0 Å². The van der Waals surface area contributed by atoms with Crippen LogP contribution < -0.4 is 14.8 Å². The number of benzene rings is 2. The number of nitro benzene ring substituents is 2. The maximum atomic E-state index is 12.3. The van der Waals surface area contributed by atoms with E-state index < -0.39 is 15.8 Å². The monoisotopic (exact) mass is 345 g/mol. The van der Waals surface area contributed by atoms with Crippen molar-refractivity contribution in [3.63, 3.8) is 0 Å². The third-order valence-corrected chi connectivity index (χ3v) is 3.42. The third-order valence-electron chi connectivity index (χ3n) is 3.42. The Morgan fingerprint density at radius 3 is 2.32 bits per heavy atom. The summed E-state index contributed by atoms with van der Waals surface area (Å²) in [5, 5.41) is 24.4. The number of carbonyl (C=O) groups excluding carboxylic acids is 1. The number of hydrogen-bond acceptors (Lipinski definition) is 7. The van der Waals surface area contributed by atoms with Crippen LogP contribution in [0.3, 0.4) is 0 Å². The zero-order chi connectivity index (χ0) is 18.0. The molecule has 1 aliphatic rings. The van der Waals surface area contributed by atoms with Crippen molar-refractivity contribution >= 4 is 23.0 Å². The summed E-state index contributed by atoms with van der Waals surface area (Å²) in [7, 11) is 0. The van der Waals surface area contributed by atoms with E-state index in [0.717, 1.165) is 12.1 Å². The minimum absolute atomic E-state index is 0.00149. The molecule has 2 aromatic rings. The summed E-state index contributed by atoms with van der Waals surface area (Å²) in [6.07, 6.45) is 0. The van der Waals surface area contributed by atoms with E-state index in [1.165, 1.54) is 24.3 Å². The second kappa shape index (κ2) is 6.43. The van der Waals surface area contributed by atoms with Gasteiger partial charge in [-0.2, -0.15) is 0 Å². The van der Waals surface area contributed by atoms with Crippen LogP contribution >= 0.6 is 0 Å². The fourth-order valence-electron chi connectivity index (χ4n) is 2.28. The van der Waals surface area contributed by atoms with E-state index in [0.29, 0.717) is 0 Å². The molecule has 0 atom stereocenters. The van der Waals surface area contributed by atoms with Crippen LogP contribution in [0.2, 0.25) is 0 Å². The second-order valence-electron chi connectivity index (χ2n) is 5.03. The SMILES string of the molecule is O=C(Nc1cc2c(cc1[N+](=O)[O-])OCCO2)c1cccc([N+](=O)[O-])c1. The highest BCUT2D eigenvalue weighted by atomic mass is 16.6. The van der Waals surface area contributed by atoms with E-state index >= 15 is 0 Å². The quantitative estimate of drug-likeness (QED) is 0.664. The van der Waals surface area contributed by atoms with Gasteiger partial charge in [0.2, 0.25) is 0 Å². The first-order valence-corrected chi connectivity index (χ1v) is 7.09. The molecule has 0 aliphatic carbocycles. The standard InChI is InChI=1S/C15H11N3O7/c19-15(9-2-1-3-10(6-9)17(20)21)16-11-7-13-14(25-5-4-24-13)8-12(11)18(22)23/h1-3,6-8H,4-5H2,(H,16,19). The number of nitro groups is 2. The van der Waals surface area contributed by atoms with Gasteiger partial charge < -0.3 is 14.8 Å². The number of non-ortho nitro benzene ring substituents is 1. The van der Waals surface area contributed by atoms with Gasteiger partial charge in [0.25, 0.3) is 17.3 Å². The van der Waals surface area contributed by atoms with Gasteiger partial charge in [-0.1, -0.05) is 6.07 Å². The van der Waals surface area contributed by atoms with E-state index in [-0.39, 0.29) is 47.3 Å². The lowest BCUT2D eigenvalue weighted by molar-refractivity contribution is -0.384. The second-order valence-corrected chi connectivity index (χ2v) is 5.03. The number of amides is 1. The van der Waals surface area contributed by atoms with Gasteiger partial charge in [-0.15, -0.1) is 0 Å². The Labute approximate surface area is 140 Å². The molecule has 1 N–H and O–H groups in total. The van der Waals surface area contributed by atoms with Crippen molar-refractivity contribution in [2.75, 3.05) is 18.5 Å². The molecule has 0 bridgehead atoms. The predicted octanol–water partition coefficient (Wildman–Crippen LogP) is 2.53. The number of ether oxygens (including phenoxy) is 2. The lowest BCUT2D eigenvalue weighted by Gasteiger charge is -2.19. The van der Waals surface area contributed by atoms with Gasteiger partial charge in [0, 0.05) is 23.8 Å². The predicted molar refractivity (Wildman–Crippen MR) is 85.1 cm³/mol. The maximum absolute atomic E-state index is 12.3. The average Bonchev–Trinajstić information content (AvgIpc) is 2.61. The largest absolute Gasteiger partial charge is 0.486 e. The molecule has 10 nitrogen and oxygen atoms in total. The van der Waals surface area contributed by atoms with Crippen molar-refractivity contribution in [3.05, 3.63) is 62.2 Å². The van der Waals surface area contributed by atoms with Gasteiger partial charge >= 0.3 is 0 Å². The first kappa shape index (κ1) is 16.2. The summed E-state index contributed by atoms with van der Waals surface area (Å²) in [5.74, 6) is -0.235. The Bertz CT molecular complexity index is 881. The molecule has 10 heteroatoms. The van der Waals surface area contributed by atoms with Crippen LogP contribution in [0.4, 0.5) is 17.1 Å². The summed E-state index contributed by atoms with van der Waals surface area (Å²) in [6, 6.07) is 7.50. The Morgan fingerprint density at radius 2 is 1.68 bits per heavy atom. The van der Waals surface area contributed by atoms with E-state index in [9.17, 15) is 25.0 Å². The molecule has 0 saturated carbocycles. The zero-order valence-corrected chi connectivity index (χ0v) is 12.6. The molecular weight excluding hydrogens is 334 g/mol. The first-order valence-electron chi connectivity index (χ1n) is 7.09. The van der Waals surface area contributed by atoms with Gasteiger partial charge in [-0.05, 0) is 6.07 Å². The van der Waals surface area contributed by atoms with Gasteiger partial charge in [-0.3, -0.25) is 25.0 Å². The fraction of sp³-hybridized carbons (Fsp3) is 0.133. The molecule has 2 aromatic carbocycles. The maximum Gasteiger partial charge on any atom is 0.296 e. The Balaban J connectivity index is 1.94. The van der Waals surface area contributed by atoms with Crippen molar-refractivity contribution < 1.29 is 24.1 Å². The molecule has 128 valence electrons. The van der Waals surface area contributed by atoms with Crippen LogP contribution in [0, 0.1) is 20.2 Å². The van der Waals surface area contributed by atoms with Crippen LogP contribution in [0.15, 0.2) is 36.4 Å². The first-order chi connectivity index (χ1) is 12.0. The van der Waals surface area contributed by atoms with Crippen LogP contribution in [-0.4, -0.2) is 29.0 Å². The van der Waals surface area contributed by atoms with Gasteiger partial charge in [0.1, 0.15) is 18.9 Å². The molecule has 0 fully saturated rings. The fourth-order valence-corrected chi connectivity index (χ4v) is 2.28. The molecule has 0 saturated heterocycles. The summed E-state index contributed by atoms with van der Waals surface area (Å²) < 4.78 is 10.6. The highest BCUT2D eigenvalue weighted by molar-refractivity contribution is 6.06. The number of fused-ring (bicyclic) bond motifs is 1. The smallest absolute Gasteiger partial charge is 0.296 e. The van der Waals surface area contributed by atoms with Crippen LogP contribution in [0.25, 0.3) is 0 Å². The molecule has 1 heterocycles. The summed E-state index contributed by atoms with van der Waals surface area (Å²) in [5.41, 5.74) is -0.725. The lowest BCUT2D eigenvalue weighted by Crippen LogP contribution is -2.17. The number of nitrogens with zero attached hydrogens (tertiary/aromatic N) is 2. The number of anilines is 1. The van der Waals surface area contributed by atoms with E-state index in [4.69, 9.17) is 9.47 Å². The average molecular weight is 345 g/mol. The third kappa shape index (κ3) is 3.32. The normalized spacial score (nSPS) is 12.3. The molecule has 25 heavy (non-hydrogen) atoms. The van der Waals surface area contributed by atoms with Crippen LogP contribution in [0.1, 0.15) is 10.4 Å². The van der Waals surface area contributed by atoms with Gasteiger partial charge in [0.15, 0.2) is 11.5 Å². The van der Waals surface area contributed by atoms with Crippen molar-refractivity contribution in [2.24, 2.45) is 0 Å². The molecular formula is C15H11N3O7. The zero-order valence-electron chi connectivity index (χ0n) is 12.6. The van der Waals surface area contributed by atoms with Crippen LogP contribution in [0.5, 0.6) is 11.5 Å². The Morgan fingerprint density at radius 1 is 1.00 bits per heavy atom. The number of nitrogens with one attached hydrogen (secondary N) is 1. The van der Waals surface area contributed by atoms with Crippen molar-refractivity contribution in [1.29, 1.82) is 0 Å². The highest BCUT2D eigenvalue weighted by Gasteiger charge is 2.24. The molecule has 0 unspecified atom stereocenters.